The third kappa shape index (κ3) is 3.88. The Bertz CT molecular complexity index is 405. The first kappa shape index (κ1) is 14.2. The summed E-state index contributed by atoms with van der Waals surface area (Å²) in [7, 11) is 1.84. The lowest BCUT2D eigenvalue weighted by Crippen LogP contribution is -2.24. The van der Waals surface area contributed by atoms with Crippen molar-refractivity contribution in [3.63, 3.8) is 0 Å². The van der Waals surface area contributed by atoms with Crippen molar-refractivity contribution in [2.45, 2.75) is 58.3 Å². The van der Waals surface area contributed by atoms with Crippen molar-refractivity contribution in [2.75, 3.05) is 0 Å². The fourth-order valence-corrected chi connectivity index (χ4v) is 3.05. The molecule has 0 aliphatic heterocycles. The van der Waals surface area contributed by atoms with Gasteiger partial charge in [-0.25, -0.2) is 4.98 Å². The molecule has 106 valence electrons. The van der Waals surface area contributed by atoms with Crippen molar-refractivity contribution in [2.24, 2.45) is 18.9 Å². The van der Waals surface area contributed by atoms with Gasteiger partial charge in [0, 0.05) is 13.0 Å². The van der Waals surface area contributed by atoms with Crippen LogP contribution in [-0.2, 0) is 18.3 Å². The van der Waals surface area contributed by atoms with Crippen molar-refractivity contribution in [3.05, 3.63) is 12.2 Å². The van der Waals surface area contributed by atoms with Crippen LogP contribution in [0.2, 0.25) is 0 Å². The van der Waals surface area contributed by atoms with Crippen LogP contribution in [-0.4, -0.2) is 20.5 Å². The molecule has 1 aliphatic rings. The Morgan fingerprint density at radius 1 is 1.37 bits per heavy atom. The number of carbonyl (C=O) groups excluding carboxylic acids is 1. The summed E-state index contributed by atoms with van der Waals surface area (Å²) in [5.74, 6) is 2.26. The molecule has 0 aromatic carbocycles. The molecule has 0 saturated heterocycles. The zero-order chi connectivity index (χ0) is 13.7. The van der Waals surface area contributed by atoms with Crippen LogP contribution in [0.4, 0.5) is 0 Å². The number of Topliss-reactive ketones (excluding diaryl/α,β-unsaturated/α-hetero) is 1. The van der Waals surface area contributed by atoms with Gasteiger partial charge in [0.1, 0.15) is 17.9 Å². The number of carbonyl (C=O) groups is 1. The van der Waals surface area contributed by atoms with Gasteiger partial charge in [0.15, 0.2) is 0 Å². The third-order valence-corrected chi connectivity index (χ3v) is 4.41. The molecule has 19 heavy (non-hydrogen) atoms. The number of hydrogen-bond acceptors (Lipinski definition) is 3. The zero-order valence-electron chi connectivity index (χ0n) is 12.1. The van der Waals surface area contributed by atoms with Crippen LogP contribution in [0.3, 0.4) is 0 Å². The minimum absolute atomic E-state index is 0.259. The predicted octanol–water partition coefficient (Wildman–Crippen LogP) is 2.92. The molecule has 1 saturated carbocycles. The topological polar surface area (TPSA) is 47.8 Å². The van der Waals surface area contributed by atoms with Gasteiger partial charge in [-0.15, -0.1) is 0 Å². The molecule has 1 fully saturated rings. The van der Waals surface area contributed by atoms with E-state index in [9.17, 15) is 4.79 Å². The van der Waals surface area contributed by atoms with E-state index in [-0.39, 0.29) is 5.92 Å². The van der Waals surface area contributed by atoms with Gasteiger partial charge in [0.25, 0.3) is 0 Å². The van der Waals surface area contributed by atoms with Crippen LogP contribution in [0, 0.1) is 11.8 Å². The van der Waals surface area contributed by atoms with E-state index in [1.807, 2.05) is 7.05 Å². The van der Waals surface area contributed by atoms with E-state index < -0.39 is 0 Å². The van der Waals surface area contributed by atoms with Crippen LogP contribution in [0.1, 0.15) is 57.7 Å². The van der Waals surface area contributed by atoms with Crippen LogP contribution in [0.25, 0.3) is 0 Å². The Hall–Kier alpha value is -1.19. The van der Waals surface area contributed by atoms with E-state index >= 15 is 0 Å². The Labute approximate surface area is 115 Å². The first-order valence-corrected chi connectivity index (χ1v) is 7.56. The quantitative estimate of drug-likeness (QED) is 0.793. The lowest BCUT2D eigenvalue weighted by Gasteiger charge is -2.27. The number of ketones is 1. The first-order valence-electron chi connectivity index (χ1n) is 7.56. The van der Waals surface area contributed by atoms with Gasteiger partial charge in [0.05, 0.1) is 6.42 Å². The summed E-state index contributed by atoms with van der Waals surface area (Å²) in [6, 6.07) is 0. The van der Waals surface area contributed by atoms with Crippen LogP contribution >= 0.6 is 0 Å². The third-order valence-electron chi connectivity index (χ3n) is 4.41. The highest BCUT2D eigenvalue weighted by atomic mass is 16.1. The zero-order valence-corrected chi connectivity index (χ0v) is 12.1. The van der Waals surface area contributed by atoms with Crippen molar-refractivity contribution in [1.82, 2.24) is 14.8 Å². The lowest BCUT2D eigenvalue weighted by molar-refractivity contribution is -0.123. The van der Waals surface area contributed by atoms with Crippen molar-refractivity contribution in [3.8, 4) is 0 Å². The van der Waals surface area contributed by atoms with Gasteiger partial charge < -0.3 is 0 Å². The minimum atomic E-state index is 0.259. The first-order chi connectivity index (χ1) is 9.20. The standard InChI is InChI=1S/C15H25N3O/c1-3-4-5-12-6-8-13(9-7-12)14(19)10-15-16-11-17-18(15)2/h11-13H,3-10H2,1-2H3. The molecule has 4 nitrogen and oxygen atoms in total. The molecular formula is C15H25N3O. The van der Waals surface area contributed by atoms with E-state index in [1.165, 1.54) is 38.4 Å². The molecule has 2 rings (SSSR count). The highest BCUT2D eigenvalue weighted by molar-refractivity contribution is 5.82. The summed E-state index contributed by atoms with van der Waals surface area (Å²) in [6.45, 7) is 2.25. The number of rotatable bonds is 6. The molecular weight excluding hydrogens is 238 g/mol. The van der Waals surface area contributed by atoms with Crippen LogP contribution < -0.4 is 0 Å². The molecule has 0 unspecified atom stereocenters. The van der Waals surface area contributed by atoms with Gasteiger partial charge in [-0.2, -0.15) is 5.10 Å². The Morgan fingerprint density at radius 3 is 2.68 bits per heavy atom. The number of aryl methyl sites for hydroxylation is 1. The maximum atomic E-state index is 12.3. The average molecular weight is 263 g/mol. The predicted molar refractivity (Wildman–Crippen MR) is 74.7 cm³/mol. The largest absolute Gasteiger partial charge is 0.299 e. The second-order valence-corrected chi connectivity index (χ2v) is 5.80. The number of nitrogens with zero attached hydrogens (tertiary/aromatic N) is 3. The summed E-state index contributed by atoms with van der Waals surface area (Å²) in [5.41, 5.74) is 0. The van der Waals surface area contributed by atoms with E-state index in [0.29, 0.717) is 12.2 Å². The van der Waals surface area contributed by atoms with Gasteiger partial charge in [-0.1, -0.05) is 26.2 Å². The number of unbranched alkanes of at least 4 members (excludes halogenated alkanes) is 1. The van der Waals surface area contributed by atoms with E-state index in [2.05, 4.69) is 17.0 Å². The minimum Gasteiger partial charge on any atom is -0.299 e. The molecule has 0 amide bonds. The molecule has 1 heterocycles. The highest BCUT2D eigenvalue weighted by Crippen LogP contribution is 2.32. The van der Waals surface area contributed by atoms with E-state index in [0.717, 1.165) is 24.6 Å². The van der Waals surface area contributed by atoms with E-state index in [1.54, 1.807) is 4.68 Å². The molecule has 0 atom stereocenters. The van der Waals surface area contributed by atoms with Gasteiger partial charge >= 0.3 is 0 Å². The summed E-state index contributed by atoms with van der Waals surface area (Å²) >= 11 is 0. The van der Waals surface area contributed by atoms with Crippen molar-refractivity contribution >= 4 is 5.78 Å². The van der Waals surface area contributed by atoms with Crippen molar-refractivity contribution in [1.29, 1.82) is 0 Å². The lowest BCUT2D eigenvalue weighted by atomic mass is 9.77. The maximum absolute atomic E-state index is 12.3. The summed E-state index contributed by atoms with van der Waals surface area (Å²) in [4.78, 5) is 16.4. The molecule has 0 spiro atoms. The normalized spacial score (nSPS) is 23.5. The fourth-order valence-electron chi connectivity index (χ4n) is 3.05. The van der Waals surface area contributed by atoms with Crippen LogP contribution in [0.15, 0.2) is 6.33 Å². The van der Waals surface area contributed by atoms with Crippen molar-refractivity contribution < 1.29 is 4.79 Å². The Balaban J connectivity index is 1.78. The highest BCUT2D eigenvalue weighted by Gasteiger charge is 2.26. The smallest absolute Gasteiger partial charge is 0.143 e. The van der Waals surface area contributed by atoms with E-state index in [4.69, 9.17) is 0 Å². The van der Waals surface area contributed by atoms with Crippen LogP contribution in [0.5, 0.6) is 0 Å². The second-order valence-electron chi connectivity index (χ2n) is 5.80. The summed E-state index contributed by atoms with van der Waals surface area (Å²) in [5, 5.41) is 4.01. The fraction of sp³-hybridized carbons (Fsp3) is 0.800. The number of aromatic nitrogens is 3. The maximum Gasteiger partial charge on any atom is 0.143 e. The molecule has 1 aromatic heterocycles. The Kier molecular flexibility index (Phi) is 5.11. The molecule has 1 aromatic rings. The van der Waals surface area contributed by atoms with Gasteiger partial charge in [-0.05, 0) is 31.6 Å². The molecule has 0 bridgehead atoms. The average Bonchev–Trinajstić information content (AvgIpc) is 2.82. The SMILES string of the molecule is CCCCC1CCC(C(=O)Cc2ncnn2C)CC1. The van der Waals surface area contributed by atoms with Gasteiger partial charge in [-0.3, -0.25) is 9.48 Å². The molecule has 0 N–H and O–H groups in total. The molecule has 1 aliphatic carbocycles. The summed E-state index contributed by atoms with van der Waals surface area (Å²) < 4.78 is 1.70. The summed E-state index contributed by atoms with van der Waals surface area (Å²) in [6.07, 6.45) is 10.5. The van der Waals surface area contributed by atoms with Gasteiger partial charge in [0.2, 0.25) is 0 Å². The monoisotopic (exact) mass is 263 g/mol. The Morgan fingerprint density at radius 2 is 2.11 bits per heavy atom. The molecule has 0 radical (unpaired) electrons. The number of hydrogen-bond donors (Lipinski definition) is 0. The second kappa shape index (κ2) is 6.83. The molecule has 4 heteroatoms.